The quantitative estimate of drug-likeness (QED) is 0.504. The second-order valence-electron chi connectivity index (χ2n) is 5.69. The van der Waals surface area contributed by atoms with E-state index in [0.717, 1.165) is 24.0 Å². The summed E-state index contributed by atoms with van der Waals surface area (Å²) in [6.45, 7) is 14.6. The lowest BCUT2D eigenvalue weighted by atomic mass is 9.59. The summed E-state index contributed by atoms with van der Waals surface area (Å²) in [6.07, 6.45) is 4.06. The molecule has 0 saturated heterocycles. The molecule has 16 heavy (non-hydrogen) atoms. The summed E-state index contributed by atoms with van der Waals surface area (Å²) in [7, 11) is 0. The zero-order valence-corrected chi connectivity index (χ0v) is 11.3. The summed E-state index contributed by atoms with van der Waals surface area (Å²) in [4.78, 5) is 12.4. The Morgan fingerprint density at radius 3 is 2.56 bits per heavy atom. The monoisotopic (exact) mass is 220 g/mol. The number of hydrogen-bond acceptors (Lipinski definition) is 1. The average molecular weight is 220 g/mol. The molecule has 0 spiro atoms. The van der Waals surface area contributed by atoms with Gasteiger partial charge < -0.3 is 0 Å². The zero-order valence-electron chi connectivity index (χ0n) is 11.3. The first kappa shape index (κ1) is 13.2. The van der Waals surface area contributed by atoms with Gasteiger partial charge in [-0.15, -0.1) is 0 Å². The summed E-state index contributed by atoms with van der Waals surface area (Å²) in [5, 5.41) is 0. The third kappa shape index (κ3) is 2.14. The van der Waals surface area contributed by atoms with Gasteiger partial charge in [0.05, 0.1) is 0 Å². The Kier molecular flexibility index (Phi) is 3.77. The molecule has 1 saturated carbocycles. The van der Waals surface area contributed by atoms with Crippen LogP contribution in [0.4, 0.5) is 0 Å². The first-order valence-electron chi connectivity index (χ1n) is 6.17. The smallest absolute Gasteiger partial charge is 0.165 e. The predicted octanol–water partition coefficient (Wildman–Crippen LogP) is 4.15. The Hall–Kier alpha value is -0.850. The molecule has 1 heteroatoms. The summed E-state index contributed by atoms with van der Waals surface area (Å²) >= 11 is 0. The minimum absolute atomic E-state index is 0.00690. The molecule has 0 bridgehead atoms. The molecular formula is C15H24O. The lowest BCUT2D eigenvalue weighted by molar-refractivity contribution is -0.123. The van der Waals surface area contributed by atoms with Crippen LogP contribution >= 0.6 is 0 Å². The van der Waals surface area contributed by atoms with Crippen LogP contribution in [0.5, 0.6) is 0 Å². The van der Waals surface area contributed by atoms with Crippen molar-refractivity contribution in [3.63, 3.8) is 0 Å². The van der Waals surface area contributed by atoms with Gasteiger partial charge in [-0.25, -0.2) is 0 Å². The minimum Gasteiger partial charge on any atom is -0.294 e. The van der Waals surface area contributed by atoms with Crippen molar-refractivity contribution in [3.8, 4) is 0 Å². The van der Waals surface area contributed by atoms with Crippen molar-refractivity contribution in [3.05, 3.63) is 23.8 Å². The SMILES string of the molecule is C=C1CCC(C)C(C)(C)C1C(=O)/C(C)=C/C. The largest absolute Gasteiger partial charge is 0.294 e. The molecule has 2 unspecified atom stereocenters. The lowest BCUT2D eigenvalue weighted by Crippen LogP contribution is -2.41. The molecule has 90 valence electrons. The number of carbonyl (C=O) groups excluding carboxylic acids is 1. The maximum atomic E-state index is 12.4. The number of Topliss-reactive ketones (excluding diaryl/α,β-unsaturated/α-hetero) is 1. The van der Waals surface area contributed by atoms with Crippen molar-refractivity contribution in [2.75, 3.05) is 0 Å². The van der Waals surface area contributed by atoms with Gasteiger partial charge in [-0.2, -0.15) is 0 Å². The van der Waals surface area contributed by atoms with Gasteiger partial charge in [-0.05, 0) is 43.6 Å². The third-order valence-electron chi connectivity index (χ3n) is 4.40. The second-order valence-corrected chi connectivity index (χ2v) is 5.69. The highest BCUT2D eigenvalue weighted by molar-refractivity contribution is 5.98. The van der Waals surface area contributed by atoms with Gasteiger partial charge in [-0.3, -0.25) is 4.79 Å². The van der Waals surface area contributed by atoms with Crippen LogP contribution in [0.2, 0.25) is 0 Å². The van der Waals surface area contributed by atoms with E-state index in [2.05, 4.69) is 27.4 Å². The van der Waals surface area contributed by atoms with Gasteiger partial charge in [0.2, 0.25) is 0 Å². The highest BCUT2D eigenvalue weighted by Gasteiger charge is 2.43. The van der Waals surface area contributed by atoms with Crippen LogP contribution in [-0.4, -0.2) is 5.78 Å². The van der Waals surface area contributed by atoms with Gasteiger partial charge in [0.1, 0.15) is 0 Å². The third-order valence-corrected chi connectivity index (χ3v) is 4.40. The first-order valence-corrected chi connectivity index (χ1v) is 6.17. The lowest BCUT2D eigenvalue weighted by Gasteiger charge is -2.44. The van der Waals surface area contributed by atoms with E-state index >= 15 is 0 Å². The van der Waals surface area contributed by atoms with Crippen LogP contribution in [-0.2, 0) is 4.79 Å². The molecule has 1 nitrogen and oxygen atoms in total. The minimum atomic E-state index is 0.00690. The summed E-state index contributed by atoms with van der Waals surface area (Å²) in [5.74, 6) is 0.855. The Labute approximate surface area is 99.6 Å². The van der Waals surface area contributed by atoms with Gasteiger partial charge in [0.25, 0.3) is 0 Å². The molecule has 0 aliphatic heterocycles. The Bertz CT molecular complexity index is 333. The maximum Gasteiger partial charge on any atom is 0.165 e. The second kappa shape index (κ2) is 4.57. The topological polar surface area (TPSA) is 17.1 Å². The van der Waals surface area contributed by atoms with E-state index in [1.165, 1.54) is 0 Å². The van der Waals surface area contributed by atoms with E-state index in [0.29, 0.717) is 5.92 Å². The van der Waals surface area contributed by atoms with E-state index in [9.17, 15) is 4.79 Å². The fraction of sp³-hybridized carbons (Fsp3) is 0.667. The molecule has 1 aliphatic rings. The number of ketones is 1. The van der Waals surface area contributed by atoms with Crippen molar-refractivity contribution in [1.82, 2.24) is 0 Å². The van der Waals surface area contributed by atoms with Crippen molar-refractivity contribution < 1.29 is 4.79 Å². The standard InChI is InChI=1S/C15H24O/c1-7-10(2)14(16)13-11(3)8-9-12(4)15(13,5)6/h7,12-13H,3,8-9H2,1-2,4-6H3/b10-7+. The Balaban J connectivity index is 3.07. The normalized spacial score (nSPS) is 30.3. The van der Waals surface area contributed by atoms with Gasteiger partial charge in [0, 0.05) is 5.92 Å². The molecule has 0 aromatic heterocycles. The van der Waals surface area contributed by atoms with Crippen molar-refractivity contribution in [2.24, 2.45) is 17.3 Å². The van der Waals surface area contributed by atoms with Gasteiger partial charge in [0.15, 0.2) is 5.78 Å². The van der Waals surface area contributed by atoms with Crippen molar-refractivity contribution in [2.45, 2.75) is 47.5 Å². The van der Waals surface area contributed by atoms with E-state index < -0.39 is 0 Å². The molecule has 1 rings (SSSR count). The molecule has 1 aliphatic carbocycles. The van der Waals surface area contributed by atoms with Crippen LogP contribution in [0, 0.1) is 17.3 Å². The van der Waals surface area contributed by atoms with Crippen molar-refractivity contribution in [1.29, 1.82) is 0 Å². The molecule has 1 fully saturated rings. The van der Waals surface area contributed by atoms with E-state index in [1.807, 2.05) is 19.9 Å². The van der Waals surface area contributed by atoms with E-state index in [-0.39, 0.29) is 17.1 Å². The highest BCUT2D eigenvalue weighted by atomic mass is 16.1. The number of hydrogen-bond donors (Lipinski definition) is 0. The summed E-state index contributed by atoms with van der Waals surface area (Å²) in [5.41, 5.74) is 2.03. The predicted molar refractivity (Wildman–Crippen MR) is 69.2 cm³/mol. The van der Waals surface area contributed by atoms with Crippen LogP contribution in [0.3, 0.4) is 0 Å². The number of rotatable bonds is 2. The van der Waals surface area contributed by atoms with Crippen LogP contribution in [0.1, 0.15) is 47.5 Å². The molecule has 0 aromatic rings. The summed E-state index contributed by atoms with van der Waals surface area (Å²) < 4.78 is 0. The zero-order chi connectivity index (χ0) is 12.5. The molecule has 0 radical (unpaired) electrons. The molecule has 0 aromatic carbocycles. The van der Waals surface area contributed by atoms with E-state index in [4.69, 9.17) is 0 Å². The van der Waals surface area contributed by atoms with Crippen LogP contribution in [0.25, 0.3) is 0 Å². The van der Waals surface area contributed by atoms with E-state index in [1.54, 1.807) is 0 Å². The van der Waals surface area contributed by atoms with Crippen LogP contribution < -0.4 is 0 Å². The molecule has 0 heterocycles. The Morgan fingerprint density at radius 1 is 1.50 bits per heavy atom. The average Bonchev–Trinajstić information content (AvgIpc) is 2.22. The van der Waals surface area contributed by atoms with Crippen LogP contribution in [0.15, 0.2) is 23.8 Å². The highest BCUT2D eigenvalue weighted by Crippen LogP contribution is 2.48. The fourth-order valence-electron chi connectivity index (χ4n) is 2.62. The van der Waals surface area contributed by atoms with Gasteiger partial charge >= 0.3 is 0 Å². The maximum absolute atomic E-state index is 12.4. The van der Waals surface area contributed by atoms with Crippen molar-refractivity contribution >= 4 is 5.78 Å². The molecule has 0 amide bonds. The fourth-order valence-corrected chi connectivity index (χ4v) is 2.62. The molecule has 2 atom stereocenters. The molecular weight excluding hydrogens is 196 g/mol. The van der Waals surface area contributed by atoms with Gasteiger partial charge in [-0.1, -0.05) is 39.0 Å². The number of allylic oxidation sites excluding steroid dienone is 3. The Morgan fingerprint density at radius 2 is 2.06 bits per heavy atom. The molecule has 0 N–H and O–H groups in total. The number of carbonyl (C=O) groups is 1. The first-order chi connectivity index (χ1) is 7.32. The summed E-state index contributed by atoms with van der Waals surface area (Å²) in [6, 6.07) is 0.